The number of nitrogens with two attached hydrogens (primary N) is 1. The van der Waals surface area contributed by atoms with Crippen molar-refractivity contribution in [3.63, 3.8) is 0 Å². The maximum absolute atomic E-state index is 5.94. The van der Waals surface area contributed by atoms with Gasteiger partial charge >= 0.3 is 0 Å². The van der Waals surface area contributed by atoms with Crippen molar-refractivity contribution in [3.05, 3.63) is 23.8 Å². The zero-order valence-electron chi connectivity index (χ0n) is 11.9. The van der Waals surface area contributed by atoms with Gasteiger partial charge in [0.05, 0.1) is 6.10 Å². The molecular formula is C15H24N2OS. The molecule has 1 aromatic rings. The molecule has 2 rings (SSSR count). The van der Waals surface area contributed by atoms with Crippen molar-refractivity contribution in [3.8, 4) is 0 Å². The Labute approximate surface area is 120 Å². The number of thioether (sulfide) groups is 1. The fourth-order valence-electron chi connectivity index (χ4n) is 2.75. The molecule has 4 heteroatoms. The summed E-state index contributed by atoms with van der Waals surface area (Å²) in [5.41, 5.74) is 8.54. The second-order valence-corrected chi connectivity index (χ2v) is 5.65. The molecule has 0 radical (unpaired) electrons. The highest BCUT2D eigenvalue weighted by Gasteiger charge is 2.21. The van der Waals surface area contributed by atoms with E-state index in [1.807, 2.05) is 0 Å². The molecule has 1 aliphatic rings. The molecule has 1 saturated heterocycles. The molecular weight excluding hydrogens is 256 g/mol. The molecule has 106 valence electrons. The minimum absolute atomic E-state index is 0.436. The third kappa shape index (κ3) is 3.44. The molecule has 0 amide bonds. The first-order valence-corrected chi connectivity index (χ1v) is 8.25. The number of hydrogen-bond donors (Lipinski definition) is 1. The van der Waals surface area contributed by atoms with Crippen molar-refractivity contribution in [2.45, 2.75) is 37.3 Å². The van der Waals surface area contributed by atoms with Crippen LogP contribution in [0.25, 0.3) is 0 Å². The Kier molecular flexibility index (Phi) is 5.55. The van der Waals surface area contributed by atoms with Gasteiger partial charge in [0, 0.05) is 42.4 Å². The molecule has 1 aromatic carbocycles. The number of benzene rings is 1. The molecule has 3 nitrogen and oxygen atoms in total. The maximum atomic E-state index is 5.94. The smallest absolute Gasteiger partial charge is 0.0608 e. The van der Waals surface area contributed by atoms with E-state index in [9.17, 15) is 0 Å². The molecule has 0 atom stereocenters. The van der Waals surface area contributed by atoms with Gasteiger partial charge in [0.1, 0.15) is 0 Å². The van der Waals surface area contributed by atoms with Gasteiger partial charge in [-0.15, -0.1) is 11.8 Å². The summed E-state index contributed by atoms with van der Waals surface area (Å²) in [5.74, 6) is 0. The van der Waals surface area contributed by atoms with Gasteiger partial charge in [-0.1, -0.05) is 6.07 Å². The SMILES string of the molecule is CCOC1CCN(c2cccc(SC)c2CN)CC1. The molecule has 1 heterocycles. The number of anilines is 1. The van der Waals surface area contributed by atoms with E-state index in [1.165, 1.54) is 16.1 Å². The average molecular weight is 280 g/mol. The van der Waals surface area contributed by atoms with Crippen LogP contribution < -0.4 is 10.6 Å². The Morgan fingerprint density at radius 2 is 2.11 bits per heavy atom. The van der Waals surface area contributed by atoms with Crippen LogP contribution in [-0.4, -0.2) is 32.1 Å². The quantitative estimate of drug-likeness (QED) is 0.842. The van der Waals surface area contributed by atoms with Gasteiger partial charge in [0.15, 0.2) is 0 Å². The van der Waals surface area contributed by atoms with Gasteiger partial charge in [-0.3, -0.25) is 0 Å². The third-order valence-corrected chi connectivity index (χ3v) is 4.54. The van der Waals surface area contributed by atoms with Crippen LogP contribution in [0, 0.1) is 0 Å². The van der Waals surface area contributed by atoms with Gasteiger partial charge < -0.3 is 15.4 Å². The summed E-state index contributed by atoms with van der Waals surface area (Å²) in [6.45, 7) is 5.63. The highest BCUT2D eigenvalue weighted by Crippen LogP contribution is 2.31. The number of hydrogen-bond acceptors (Lipinski definition) is 4. The fourth-order valence-corrected chi connectivity index (χ4v) is 3.39. The van der Waals surface area contributed by atoms with E-state index in [2.05, 4.69) is 36.3 Å². The van der Waals surface area contributed by atoms with Crippen molar-refractivity contribution in [1.29, 1.82) is 0 Å². The summed E-state index contributed by atoms with van der Waals surface area (Å²) in [5, 5.41) is 0. The number of nitrogens with zero attached hydrogens (tertiary/aromatic N) is 1. The summed E-state index contributed by atoms with van der Waals surface area (Å²) in [7, 11) is 0. The van der Waals surface area contributed by atoms with E-state index < -0.39 is 0 Å². The summed E-state index contributed by atoms with van der Waals surface area (Å²) in [4.78, 5) is 3.75. The van der Waals surface area contributed by atoms with Crippen molar-refractivity contribution in [2.24, 2.45) is 5.73 Å². The molecule has 0 unspecified atom stereocenters. The summed E-state index contributed by atoms with van der Waals surface area (Å²) < 4.78 is 5.71. The van der Waals surface area contributed by atoms with Gasteiger partial charge in [0.25, 0.3) is 0 Å². The predicted octanol–water partition coefficient (Wildman–Crippen LogP) is 2.87. The van der Waals surface area contributed by atoms with Crippen LogP contribution in [0.4, 0.5) is 5.69 Å². The lowest BCUT2D eigenvalue weighted by atomic mass is 10.0. The lowest BCUT2D eigenvalue weighted by molar-refractivity contribution is 0.0459. The largest absolute Gasteiger partial charge is 0.378 e. The normalized spacial score (nSPS) is 16.9. The predicted molar refractivity (Wildman–Crippen MR) is 83.0 cm³/mol. The molecule has 0 spiro atoms. The Morgan fingerprint density at radius 1 is 1.37 bits per heavy atom. The van der Waals surface area contributed by atoms with Gasteiger partial charge in [0.2, 0.25) is 0 Å². The number of piperidine rings is 1. The van der Waals surface area contributed by atoms with E-state index in [4.69, 9.17) is 10.5 Å². The second-order valence-electron chi connectivity index (χ2n) is 4.80. The highest BCUT2D eigenvalue weighted by molar-refractivity contribution is 7.98. The standard InChI is InChI=1S/C15H24N2OS/c1-3-18-12-7-9-17(10-8-12)14-5-4-6-15(19-2)13(14)11-16/h4-6,12H,3,7-11,16H2,1-2H3. The monoisotopic (exact) mass is 280 g/mol. The van der Waals surface area contributed by atoms with Crippen LogP contribution in [0.15, 0.2) is 23.1 Å². The van der Waals surface area contributed by atoms with Gasteiger partial charge in [-0.05, 0) is 38.2 Å². The van der Waals surface area contributed by atoms with Crippen molar-refractivity contribution < 1.29 is 4.74 Å². The van der Waals surface area contributed by atoms with E-state index in [0.29, 0.717) is 12.6 Å². The summed E-state index contributed by atoms with van der Waals surface area (Å²) in [6, 6.07) is 6.49. The van der Waals surface area contributed by atoms with Crippen LogP contribution in [0.1, 0.15) is 25.3 Å². The first kappa shape index (κ1) is 14.7. The molecule has 0 saturated carbocycles. The lowest BCUT2D eigenvalue weighted by Crippen LogP contribution is -2.37. The van der Waals surface area contributed by atoms with E-state index >= 15 is 0 Å². The first-order chi connectivity index (χ1) is 9.30. The average Bonchev–Trinajstić information content (AvgIpc) is 2.47. The highest BCUT2D eigenvalue weighted by atomic mass is 32.2. The Hall–Kier alpha value is -0.710. The van der Waals surface area contributed by atoms with Crippen LogP contribution in [0.3, 0.4) is 0 Å². The number of ether oxygens (including phenoxy) is 1. The molecule has 19 heavy (non-hydrogen) atoms. The maximum Gasteiger partial charge on any atom is 0.0608 e. The molecule has 0 aliphatic carbocycles. The third-order valence-electron chi connectivity index (χ3n) is 3.72. The topological polar surface area (TPSA) is 38.5 Å². The van der Waals surface area contributed by atoms with Crippen LogP contribution in [0.5, 0.6) is 0 Å². The fraction of sp³-hybridized carbons (Fsp3) is 0.600. The van der Waals surface area contributed by atoms with E-state index in [1.54, 1.807) is 11.8 Å². The van der Waals surface area contributed by atoms with Crippen LogP contribution in [0.2, 0.25) is 0 Å². The van der Waals surface area contributed by atoms with Crippen LogP contribution >= 0.6 is 11.8 Å². The van der Waals surface area contributed by atoms with Crippen molar-refractivity contribution >= 4 is 17.4 Å². The minimum atomic E-state index is 0.436. The van der Waals surface area contributed by atoms with E-state index in [-0.39, 0.29) is 0 Å². The molecule has 0 aromatic heterocycles. The number of rotatable bonds is 5. The van der Waals surface area contributed by atoms with Gasteiger partial charge in [-0.2, -0.15) is 0 Å². The summed E-state index contributed by atoms with van der Waals surface area (Å²) in [6.07, 6.45) is 4.77. The van der Waals surface area contributed by atoms with Crippen molar-refractivity contribution in [1.82, 2.24) is 0 Å². The second kappa shape index (κ2) is 7.17. The van der Waals surface area contributed by atoms with Gasteiger partial charge in [-0.25, -0.2) is 0 Å². The Bertz CT molecular complexity index is 403. The van der Waals surface area contributed by atoms with E-state index in [0.717, 1.165) is 32.5 Å². The summed E-state index contributed by atoms with van der Waals surface area (Å²) >= 11 is 1.78. The molecule has 0 bridgehead atoms. The molecule has 1 fully saturated rings. The first-order valence-electron chi connectivity index (χ1n) is 7.02. The van der Waals surface area contributed by atoms with Crippen LogP contribution in [-0.2, 0) is 11.3 Å². The zero-order chi connectivity index (χ0) is 13.7. The zero-order valence-corrected chi connectivity index (χ0v) is 12.7. The molecule has 1 aliphatic heterocycles. The Morgan fingerprint density at radius 3 is 2.68 bits per heavy atom. The lowest BCUT2D eigenvalue weighted by Gasteiger charge is -2.35. The molecule has 2 N–H and O–H groups in total. The minimum Gasteiger partial charge on any atom is -0.378 e. The van der Waals surface area contributed by atoms with Crippen molar-refractivity contribution in [2.75, 3.05) is 30.9 Å². The Balaban J connectivity index is 2.11.